The molecular weight excluding hydrogens is 277 g/mol. The van der Waals surface area contributed by atoms with Crippen molar-refractivity contribution in [1.82, 2.24) is 9.97 Å². The van der Waals surface area contributed by atoms with Crippen molar-refractivity contribution < 1.29 is 27.4 Å². The van der Waals surface area contributed by atoms with E-state index in [1.807, 2.05) is 0 Å². The van der Waals surface area contributed by atoms with Crippen LogP contribution in [0.2, 0.25) is 0 Å². The second-order valence-corrected chi connectivity index (χ2v) is 4.21. The number of hydrogen-bond acceptors (Lipinski definition) is 5. The summed E-state index contributed by atoms with van der Waals surface area (Å²) in [4.78, 5) is 18.8. The van der Waals surface area contributed by atoms with Crippen molar-refractivity contribution in [1.29, 1.82) is 0 Å². The molecule has 1 atom stereocenters. The lowest BCUT2D eigenvalue weighted by Gasteiger charge is -2.14. The Balaban J connectivity index is 2.40. The SMILES string of the molecule is CCOC(=O)c1cnc(C2CCCO2)nc1C(F)(F)F. The number of halogens is 3. The highest BCUT2D eigenvalue weighted by Crippen LogP contribution is 2.33. The Bertz CT molecular complexity index is 499. The third kappa shape index (κ3) is 3.06. The molecule has 1 aromatic heterocycles. The van der Waals surface area contributed by atoms with Gasteiger partial charge >= 0.3 is 12.1 Å². The first-order valence-electron chi connectivity index (χ1n) is 6.16. The summed E-state index contributed by atoms with van der Waals surface area (Å²) in [6, 6.07) is 0. The number of carbonyl (C=O) groups excluding carboxylic acids is 1. The molecule has 0 spiro atoms. The molecular formula is C12H13F3N2O3. The van der Waals surface area contributed by atoms with Gasteiger partial charge in [-0.3, -0.25) is 0 Å². The van der Waals surface area contributed by atoms with Gasteiger partial charge in [-0.25, -0.2) is 14.8 Å². The van der Waals surface area contributed by atoms with Gasteiger partial charge in [-0.15, -0.1) is 0 Å². The molecule has 1 unspecified atom stereocenters. The lowest BCUT2D eigenvalue weighted by atomic mass is 10.2. The van der Waals surface area contributed by atoms with Crippen LogP contribution in [0.15, 0.2) is 6.20 Å². The van der Waals surface area contributed by atoms with Crippen LogP contribution in [0.1, 0.15) is 47.7 Å². The van der Waals surface area contributed by atoms with Gasteiger partial charge in [0.1, 0.15) is 11.7 Å². The third-order valence-electron chi connectivity index (χ3n) is 2.79. The van der Waals surface area contributed by atoms with Crippen LogP contribution in [-0.2, 0) is 15.7 Å². The molecule has 1 saturated heterocycles. The van der Waals surface area contributed by atoms with Crippen LogP contribution in [-0.4, -0.2) is 29.2 Å². The Labute approximate surface area is 113 Å². The molecule has 8 heteroatoms. The van der Waals surface area contributed by atoms with E-state index in [-0.39, 0.29) is 12.4 Å². The van der Waals surface area contributed by atoms with Crippen LogP contribution in [0, 0.1) is 0 Å². The molecule has 0 saturated carbocycles. The molecule has 1 aliphatic heterocycles. The topological polar surface area (TPSA) is 61.3 Å². The lowest BCUT2D eigenvalue weighted by molar-refractivity contribution is -0.142. The van der Waals surface area contributed by atoms with E-state index in [9.17, 15) is 18.0 Å². The van der Waals surface area contributed by atoms with Crippen LogP contribution in [0.4, 0.5) is 13.2 Å². The van der Waals surface area contributed by atoms with E-state index < -0.39 is 29.5 Å². The molecule has 0 bridgehead atoms. The van der Waals surface area contributed by atoms with Gasteiger partial charge in [0.05, 0.1) is 6.61 Å². The van der Waals surface area contributed by atoms with E-state index in [1.54, 1.807) is 0 Å². The standard InChI is InChI=1S/C12H13F3N2O3/c1-2-19-11(18)7-6-16-10(8-4-3-5-20-8)17-9(7)12(13,14)15/h6,8H,2-5H2,1H3. The Morgan fingerprint density at radius 2 is 2.30 bits per heavy atom. The first kappa shape index (κ1) is 14.7. The van der Waals surface area contributed by atoms with Crippen molar-refractivity contribution in [3.05, 3.63) is 23.3 Å². The number of alkyl halides is 3. The van der Waals surface area contributed by atoms with E-state index in [4.69, 9.17) is 4.74 Å². The summed E-state index contributed by atoms with van der Waals surface area (Å²) in [6.45, 7) is 1.95. The first-order valence-corrected chi connectivity index (χ1v) is 6.16. The zero-order valence-corrected chi connectivity index (χ0v) is 10.7. The number of rotatable bonds is 3. The molecule has 1 aliphatic rings. The molecule has 1 aromatic rings. The summed E-state index contributed by atoms with van der Waals surface area (Å²) in [7, 11) is 0. The van der Waals surface area contributed by atoms with Crippen molar-refractivity contribution in [2.75, 3.05) is 13.2 Å². The van der Waals surface area contributed by atoms with Gasteiger partial charge in [0.15, 0.2) is 11.5 Å². The number of aromatic nitrogens is 2. The summed E-state index contributed by atoms with van der Waals surface area (Å²) in [5.41, 5.74) is -1.96. The van der Waals surface area contributed by atoms with Gasteiger partial charge in [-0.1, -0.05) is 0 Å². The average Bonchev–Trinajstić information content (AvgIpc) is 2.91. The van der Waals surface area contributed by atoms with Gasteiger partial charge < -0.3 is 9.47 Å². The monoisotopic (exact) mass is 290 g/mol. The average molecular weight is 290 g/mol. The Morgan fingerprint density at radius 3 is 2.85 bits per heavy atom. The summed E-state index contributed by atoms with van der Waals surface area (Å²) in [5, 5.41) is 0. The fraction of sp³-hybridized carbons (Fsp3) is 0.583. The fourth-order valence-corrected chi connectivity index (χ4v) is 1.91. The zero-order chi connectivity index (χ0) is 14.8. The molecule has 0 radical (unpaired) electrons. The fourth-order valence-electron chi connectivity index (χ4n) is 1.91. The van der Waals surface area contributed by atoms with Crippen LogP contribution >= 0.6 is 0 Å². The van der Waals surface area contributed by atoms with E-state index in [2.05, 4.69) is 14.7 Å². The third-order valence-corrected chi connectivity index (χ3v) is 2.79. The molecule has 110 valence electrons. The largest absolute Gasteiger partial charge is 0.462 e. The quantitative estimate of drug-likeness (QED) is 0.800. The minimum absolute atomic E-state index is 0.0242. The number of nitrogens with zero attached hydrogens (tertiary/aromatic N) is 2. The molecule has 2 rings (SSSR count). The molecule has 5 nitrogen and oxygen atoms in total. The normalized spacial score (nSPS) is 19.1. The Morgan fingerprint density at radius 1 is 1.55 bits per heavy atom. The summed E-state index contributed by atoms with van der Waals surface area (Å²) in [5.74, 6) is -1.14. The van der Waals surface area contributed by atoms with Crippen LogP contribution in [0.3, 0.4) is 0 Å². The minimum atomic E-state index is -4.75. The van der Waals surface area contributed by atoms with Gasteiger partial charge in [0.25, 0.3) is 0 Å². The molecule has 0 aromatic carbocycles. The summed E-state index contributed by atoms with van der Waals surface area (Å²) < 4.78 is 48.8. The Kier molecular flexibility index (Phi) is 4.22. The van der Waals surface area contributed by atoms with Crippen LogP contribution < -0.4 is 0 Å². The van der Waals surface area contributed by atoms with Gasteiger partial charge in [0.2, 0.25) is 0 Å². The van der Waals surface area contributed by atoms with Crippen molar-refractivity contribution in [3.63, 3.8) is 0 Å². The van der Waals surface area contributed by atoms with Crippen LogP contribution in [0.5, 0.6) is 0 Å². The second-order valence-electron chi connectivity index (χ2n) is 4.21. The highest BCUT2D eigenvalue weighted by Gasteiger charge is 2.39. The van der Waals surface area contributed by atoms with Gasteiger partial charge in [0, 0.05) is 12.8 Å². The maximum atomic E-state index is 13.0. The van der Waals surface area contributed by atoms with E-state index in [0.29, 0.717) is 13.0 Å². The van der Waals surface area contributed by atoms with Gasteiger partial charge in [-0.05, 0) is 19.8 Å². The smallest absolute Gasteiger partial charge is 0.434 e. The molecule has 0 amide bonds. The van der Waals surface area contributed by atoms with E-state index >= 15 is 0 Å². The summed E-state index contributed by atoms with van der Waals surface area (Å²) >= 11 is 0. The van der Waals surface area contributed by atoms with Crippen molar-refractivity contribution in [2.24, 2.45) is 0 Å². The molecule has 0 N–H and O–H groups in total. The second kappa shape index (κ2) is 5.74. The molecule has 0 aliphatic carbocycles. The summed E-state index contributed by atoms with van der Waals surface area (Å²) in [6.07, 6.45) is -3.14. The van der Waals surface area contributed by atoms with Crippen LogP contribution in [0.25, 0.3) is 0 Å². The molecule has 20 heavy (non-hydrogen) atoms. The minimum Gasteiger partial charge on any atom is -0.462 e. The predicted molar refractivity (Wildman–Crippen MR) is 60.9 cm³/mol. The van der Waals surface area contributed by atoms with E-state index in [1.165, 1.54) is 6.92 Å². The number of hydrogen-bond donors (Lipinski definition) is 0. The van der Waals surface area contributed by atoms with Crippen molar-refractivity contribution in [2.45, 2.75) is 32.0 Å². The lowest BCUT2D eigenvalue weighted by Crippen LogP contribution is -2.20. The number of ether oxygens (including phenoxy) is 2. The highest BCUT2D eigenvalue weighted by molar-refractivity contribution is 5.90. The number of carbonyl (C=O) groups is 1. The first-order chi connectivity index (χ1) is 9.43. The molecule has 2 heterocycles. The van der Waals surface area contributed by atoms with Crippen molar-refractivity contribution >= 4 is 5.97 Å². The maximum absolute atomic E-state index is 13.0. The predicted octanol–water partition coefficient (Wildman–Crippen LogP) is 2.52. The Hall–Kier alpha value is -1.70. The zero-order valence-electron chi connectivity index (χ0n) is 10.7. The molecule has 1 fully saturated rings. The van der Waals surface area contributed by atoms with Crippen molar-refractivity contribution in [3.8, 4) is 0 Å². The van der Waals surface area contributed by atoms with Gasteiger partial charge in [-0.2, -0.15) is 13.2 Å². The maximum Gasteiger partial charge on any atom is 0.434 e. The number of esters is 1. The highest BCUT2D eigenvalue weighted by atomic mass is 19.4. The van der Waals surface area contributed by atoms with E-state index in [0.717, 1.165) is 12.6 Å².